The van der Waals surface area contributed by atoms with Gasteiger partial charge in [-0.1, -0.05) is 42.5 Å². The number of furan rings is 1. The fourth-order valence-corrected chi connectivity index (χ4v) is 5.45. The number of pyridine rings is 2. The molecule has 0 bridgehead atoms. The molecular formula is C26H11NO3. The predicted molar refractivity (Wildman–Crippen MR) is 121 cm³/mol. The lowest BCUT2D eigenvalue weighted by molar-refractivity contribution is 0.672. The van der Waals surface area contributed by atoms with Crippen LogP contribution in [-0.2, 0) is 0 Å². The molecule has 0 spiro atoms. The number of benzene rings is 4. The second-order valence-electron chi connectivity index (χ2n) is 8.02. The van der Waals surface area contributed by atoms with Crippen molar-refractivity contribution < 1.29 is 4.42 Å². The molecule has 4 aromatic carbocycles. The lowest BCUT2D eigenvalue weighted by Gasteiger charge is -2.11. The van der Waals surface area contributed by atoms with Crippen molar-refractivity contribution in [2.24, 2.45) is 0 Å². The highest BCUT2D eigenvalue weighted by molar-refractivity contribution is 6.28. The predicted octanol–water partition coefficient (Wildman–Crippen LogP) is 5.49. The number of rotatable bonds is 0. The molecule has 4 heterocycles. The molecule has 0 saturated heterocycles. The minimum atomic E-state index is -0.0898. The first-order valence-electron chi connectivity index (χ1n) is 9.88. The Hall–Kier alpha value is -4.18. The van der Waals surface area contributed by atoms with Gasteiger partial charge in [0.05, 0.1) is 21.9 Å². The van der Waals surface area contributed by atoms with Gasteiger partial charge in [-0.3, -0.25) is 9.59 Å². The Bertz CT molecular complexity index is 2070. The van der Waals surface area contributed by atoms with Crippen molar-refractivity contribution in [3.8, 4) is 0 Å². The number of aromatic nitrogens is 1. The summed E-state index contributed by atoms with van der Waals surface area (Å²) in [6.07, 6.45) is 0. The van der Waals surface area contributed by atoms with E-state index in [9.17, 15) is 9.59 Å². The van der Waals surface area contributed by atoms with Crippen molar-refractivity contribution >= 4 is 70.8 Å². The van der Waals surface area contributed by atoms with Gasteiger partial charge < -0.3 is 8.82 Å². The zero-order valence-electron chi connectivity index (χ0n) is 15.5. The Balaban J connectivity index is 1.91. The molecule has 4 nitrogen and oxygen atoms in total. The molecular weight excluding hydrogens is 374 g/mol. The first-order valence-corrected chi connectivity index (χ1v) is 9.88. The van der Waals surface area contributed by atoms with E-state index in [1.54, 1.807) is 0 Å². The summed E-state index contributed by atoms with van der Waals surface area (Å²) in [7, 11) is 0. The molecule has 0 saturated carbocycles. The zero-order valence-corrected chi connectivity index (χ0v) is 15.5. The highest BCUT2D eigenvalue weighted by Gasteiger charge is 2.25. The van der Waals surface area contributed by atoms with E-state index in [-0.39, 0.29) is 10.9 Å². The zero-order chi connectivity index (χ0) is 19.7. The first kappa shape index (κ1) is 14.8. The van der Waals surface area contributed by atoms with Gasteiger partial charge in [0.2, 0.25) is 5.43 Å². The average molecular weight is 385 g/mol. The van der Waals surface area contributed by atoms with Gasteiger partial charge in [-0.15, -0.1) is 0 Å². The van der Waals surface area contributed by atoms with Crippen LogP contribution in [0.5, 0.6) is 0 Å². The summed E-state index contributed by atoms with van der Waals surface area (Å²) in [5, 5.41) is 6.07. The highest BCUT2D eigenvalue weighted by Crippen LogP contribution is 2.41. The van der Waals surface area contributed by atoms with E-state index in [2.05, 4.69) is 4.40 Å². The summed E-state index contributed by atoms with van der Waals surface area (Å²) in [6.45, 7) is 0. The van der Waals surface area contributed by atoms with Crippen molar-refractivity contribution in [1.82, 2.24) is 4.40 Å². The Morgan fingerprint density at radius 1 is 0.567 bits per heavy atom. The molecule has 0 aliphatic carbocycles. The van der Waals surface area contributed by atoms with Gasteiger partial charge in [0, 0.05) is 37.7 Å². The van der Waals surface area contributed by atoms with Crippen LogP contribution in [0.25, 0.3) is 70.8 Å². The molecule has 0 amide bonds. The average Bonchev–Trinajstić information content (AvgIpc) is 3.32. The normalized spacial score (nSPS) is 12.9. The summed E-state index contributed by atoms with van der Waals surface area (Å²) >= 11 is 0. The van der Waals surface area contributed by atoms with Crippen LogP contribution in [0.15, 0.2) is 80.7 Å². The van der Waals surface area contributed by atoms with Crippen LogP contribution >= 0.6 is 0 Å². The molecule has 0 unspecified atom stereocenters. The topological polar surface area (TPSA) is 51.7 Å². The quantitative estimate of drug-likeness (QED) is 0.256. The Morgan fingerprint density at radius 3 is 1.97 bits per heavy atom. The monoisotopic (exact) mass is 385 g/mol. The molecule has 0 N–H and O–H groups in total. The van der Waals surface area contributed by atoms with Crippen molar-refractivity contribution in [3.63, 3.8) is 0 Å². The molecule has 0 radical (unpaired) electrons. The third-order valence-corrected chi connectivity index (χ3v) is 6.64. The summed E-state index contributed by atoms with van der Waals surface area (Å²) in [6, 6.07) is 21.2. The standard InChI is InChI=1S/C26H11NO3/c28-24-15-8-3-6-13-14-7-4-9-16-22(14)27(21(13)15)23-18(24)11-17-12-5-1-2-10-19(12)30-26(17)20(23)25(16)29/h1-11H. The van der Waals surface area contributed by atoms with E-state index in [0.717, 1.165) is 32.6 Å². The van der Waals surface area contributed by atoms with Crippen LogP contribution in [0.2, 0.25) is 0 Å². The lowest BCUT2D eigenvalue weighted by Crippen LogP contribution is -2.13. The van der Waals surface area contributed by atoms with Crippen LogP contribution < -0.4 is 10.9 Å². The highest BCUT2D eigenvalue weighted by atomic mass is 16.3. The van der Waals surface area contributed by atoms with E-state index in [1.165, 1.54) is 0 Å². The lowest BCUT2D eigenvalue weighted by atomic mass is 10.0. The van der Waals surface area contributed by atoms with Crippen LogP contribution in [0.3, 0.4) is 0 Å². The van der Waals surface area contributed by atoms with Gasteiger partial charge in [0.25, 0.3) is 0 Å². The van der Waals surface area contributed by atoms with Crippen molar-refractivity contribution in [1.29, 1.82) is 0 Å². The van der Waals surface area contributed by atoms with Crippen LogP contribution in [-0.4, -0.2) is 4.40 Å². The summed E-state index contributed by atoms with van der Waals surface area (Å²) in [4.78, 5) is 27.4. The van der Waals surface area contributed by atoms with Gasteiger partial charge in [-0.2, -0.15) is 0 Å². The Labute approximate surface area is 167 Å². The van der Waals surface area contributed by atoms with E-state index in [0.29, 0.717) is 38.2 Å². The summed E-state index contributed by atoms with van der Waals surface area (Å²) < 4.78 is 8.29. The van der Waals surface area contributed by atoms with E-state index < -0.39 is 0 Å². The molecule has 138 valence electrons. The van der Waals surface area contributed by atoms with Crippen LogP contribution in [0.1, 0.15) is 0 Å². The largest absolute Gasteiger partial charge is 0.455 e. The molecule has 4 heteroatoms. The van der Waals surface area contributed by atoms with Crippen molar-refractivity contribution in [2.75, 3.05) is 0 Å². The Kier molecular flexibility index (Phi) is 2.22. The number of hydrogen-bond donors (Lipinski definition) is 0. The molecule has 30 heavy (non-hydrogen) atoms. The van der Waals surface area contributed by atoms with Crippen LogP contribution in [0, 0.1) is 0 Å². The summed E-state index contributed by atoms with van der Waals surface area (Å²) in [5.41, 5.74) is 3.54. The first-order chi connectivity index (χ1) is 14.7. The number of fused-ring (bicyclic) bond motifs is 5. The maximum absolute atomic E-state index is 13.8. The van der Waals surface area contributed by atoms with Gasteiger partial charge >= 0.3 is 0 Å². The summed E-state index contributed by atoms with van der Waals surface area (Å²) in [5.74, 6) is 0. The minimum absolute atomic E-state index is 0.0458. The molecule has 8 aromatic rings. The van der Waals surface area contributed by atoms with Crippen molar-refractivity contribution in [3.05, 3.63) is 87.2 Å². The van der Waals surface area contributed by atoms with Gasteiger partial charge in [-0.05, 0) is 24.3 Å². The molecule has 4 aromatic heterocycles. The number of para-hydroxylation sites is 3. The third kappa shape index (κ3) is 1.38. The van der Waals surface area contributed by atoms with Gasteiger partial charge in [0.1, 0.15) is 11.2 Å². The number of nitrogens with zero attached hydrogens (tertiary/aromatic N) is 1. The van der Waals surface area contributed by atoms with E-state index in [1.807, 2.05) is 66.7 Å². The third-order valence-electron chi connectivity index (χ3n) is 6.64. The maximum atomic E-state index is 13.8. The van der Waals surface area contributed by atoms with E-state index >= 15 is 0 Å². The fraction of sp³-hybridized carbons (Fsp3) is 0. The van der Waals surface area contributed by atoms with Gasteiger partial charge in [0.15, 0.2) is 5.43 Å². The molecule has 0 aliphatic heterocycles. The smallest absolute Gasteiger partial charge is 0.201 e. The van der Waals surface area contributed by atoms with E-state index in [4.69, 9.17) is 4.42 Å². The molecule has 0 atom stereocenters. The molecule has 0 aliphatic rings. The van der Waals surface area contributed by atoms with Gasteiger partial charge in [-0.25, -0.2) is 0 Å². The second-order valence-corrected chi connectivity index (χ2v) is 8.02. The van der Waals surface area contributed by atoms with Crippen LogP contribution in [0.4, 0.5) is 0 Å². The minimum Gasteiger partial charge on any atom is -0.455 e. The maximum Gasteiger partial charge on any atom is 0.201 e. The number of hydrogen-bond acceptors (Lipinski definition) is 3. The molecule has 8 rings (SSSR count). The second kappa shape index (κ2) is 4.52. The molecule has 0 fully saturated rings. The fourth-order valence-electron chi connectivity index (χ4n) is 5.45. The SMILES string of the molecule is O=c1c2cccc3c4cccc5c(=O)c6c7oc8ccccc8c7cc1c6n(c23)c54. The Morgan fingerprint density at radius 2 is 1.20 bits per heavy atom. The van der Waals surface area contributed by atoms with Crippen molar-refractivity contribution in [2.45, 2.75) is 0 Å².